The normalized spacial score (nSPS) is 10.6. The monoisotopic (exact) mass is 265 g/mol. The predicted octanol–water partition coefficient (Wildman–Crippen LogP) is 3.51. The molecule has 1 aromatic carbocycles. The van der Waals surface area contributed by atoms with Crippen LogP contribution in [-0.4, -0.2) is 25.1 Å². The van der Waals surface area contributed by atoms with Crippen LogP contribution >= 0.6 is 0 Å². The van der Waals surface area contributed by atoms with Gasteiger partial charge in [0.1, 0.15) is 0 Å². The third-order valence-corrected chi connectivity index (χ3v) is 2.77. The van der Waals surface area contributed by atoms with E-state index < -0.39 is 0 Å². The average Bonchev–Trinajstić information content (AvgIpc) is 2.35. The Balaban J connectivity index is 3.01. The molecule has 0 unspecified atom stereocenters. The zero-order chi connectivity index (χ0) is 14.4. The molecule has 0 heterocycles. The van der Waals surface area contributed by atoms with Crippen LogP contribution in [0, 0.1) is 16.0 Å². The Morgan fingerprint density at radius 1 is 1.37 bits per heavy atom. The van der Waals surface area contributed by atoms with E-state index in [0.717, 1.165) is 30.9 Å². The summed E-state index contributed by atoms with van der Waals surface area (Å²) < 4.78 is 0. The van der Waals surface area contributed by atoms with E-state index in [-0.39, 0.29) is 10.6 Å². The molecule has 5 heteroatoms. The van der Waals surface area contributed by atoms with Crippen LogP contribution in [0.4, 0.5) is 17.1 Å². The number of anilines is 2. The number of nitro groups is 1. The Kier molecular flexibility index (Phi) is 5.60. The molecule has 0 aliphatic carbocycles. The second-order valence-corrected chi connectivity index (χ2v) is 5.20. The summed E-state index contributed by atoms with van der Waals surface area (Å²) >= 11 is 0. The van der Waals surface area contributed by atoms with Crippen LogP contribution in [0.25, 0.3) is 0 Å². The zero-order valence-corrected chi connectivity index (χ0v) is 12.1. The fourth-order valence-electron chi connectivity index (χ4n) is 1.95. The Morgan fingerprint density at radius 2 is 2.05 bits per heavy atom. The van der Waals surface area contributed by atoms with E-state index in [2.05, 4.69) is 31.0 Å². The molecular weight excluding hydrogens is 242 g/mol. The van der Waals surface area contributed by atoms with Crippen LogP contribution in [0.1, 0.15) is 27.2 Å². The zero-order valence-electron chi connectivity index (χ0n) is 12.1. The van der Waals surface area contributed by atoms with Gasteiger partial charge in [-0.25, -0.2) is 0 Å². The lowest BCUT2D eigenvalue weighted by atomic mass is 10.2. The van der Waals surface area contributed by atoms with E-state index >= 15 is 0 Å². The highest BCUT2D eigenvalue weighted by Gasteiger charge is 2.12. The second-order valence-electron chi connectivity index (χ2n) is 5.20. The number of hydrogen-bond acceptors (Lipinski definition) is 4. The summed E-state index contributed by atoms with van der Waals surface area (Å²) in [5.74, 6) is 0.510. The first-order chi connectivity index (χ1) is 8.93. The van der Waals surface area contributed by atoms with Crippen LogP contribution in [-0.2, 0) is 0 Å². The topological polar surface area (TPSA) is 58.4 Å². The van der Waals surface area contributed by atoms with Gasteiger partial charge in [0, 0.05) is 43.6 Å². The number of non-ortho nitro benzene ring substituents is 1. The van der Waals surface area contributed by atoms with Gasteiger partial charge in [-0.15, -0.1) is 0 Å². The molecule has 0 amide bonds. The van der Waals surface area contributed by atoms with E-state index in [1.165, 1.54) is 0 Å². The molecular formula is C14H23N3O2. The molecule has 0 aliphatic heterocycles. The van der Waals surface area contributed by atoms with Crippen molar-refractivity contribution in [3.63, 3.8) is 0 Å². The first-order valence-corrected chi connectivity index (χ1v) is 6.68. The van der Waals surface area contributed by atoms with Crippen molar-refractivity contribution in [2.45, 2.75) is 27.2 Å². The van der Waals surface area contributed by atoms with Gasteiger partial charge in [-0.2, -0.15) is 0 Å². The fraction of sp³-hybridized carbons (Fsp3) is 0.571. The van der Waals surface area contributed by atoms with Gasteiger partial charge < -0.3 is 10.2 Å². The third-order valence-electron chi connectivity index (χ3n) is 2.77. The Hall–Kier alpha value is -1.78. The third kappa shape index (κ3) is 4.77. The van der Waals surface area contributed by atoms with E-state index in [4.69, 9.17) is 0 Å². The minimum Gasteiger partial charge on any atom is -0.385 e. The van der Waals surface area contributed by atoms with Crippen molar-refractivity contribution in [3.8, 4) is 0 Å². The van der Waals surface area contributed by atoms with Gasteiger partial charge in [0.2, 0.25) is 0 Å². The maximum atomic E-state index is 11.0. The van der Waals surface area contributed by atoms with Crippen molar-refractivity contribution in [2.75, 3.05) is 30.4 Å². The Bertz CT molecular complexity index is 433. The quantitative estimate of drug-likeness (QED) is 0.605. The molecule has 0 spiro atoms. The summed E-state index contributed by atoms with van der Waals surface area (Å²) in [6.07, 6.45) is 0.986. The minimum absolute atomic E-state index is 0.131. The van der Waals surface area contributed by atoms with E-state index in [1.807, 2.05) is 13.1 Å². The van der Waals surface area contributed by atoms with Crippen LogP contribution in [0.3, 0.4) is 0 Å². The maximum absolute atomic E-state index is 11.0. The molecule has 0 radical (unpaired) electrons. The summed E-state index contributed by atoms with van der Waals surface area (Å²) in [4.78, 5) is 12.7. The molecule has 0 fully saturated rings. The molecule has 5 nitrogen and oxygen atoms in total. The van der Waals surface area contributed by atoms with Gasteiger partial charge in [0.25, 0.3) is 5.69 Å². The van der Waals surface area contributed by atoms with E-state index in [1.54, 1.807) is 12.1 Å². The van der Waals surface area contributed by atoms with Crippen molar-refractivity contribution in [1.29, 1.82) is 0 Å². The summed E-state index contributed by atoms with van der Waals surface area (Å²) in [6.45, 7) is 8.01. The predicted molar refractivity (Wildman–Crippen MR) is 80.0 cm³/mol. The number of nitrogens with zero attached hydrogens (tertiary/aromatic N) is 2. The van der Waals surface area contributed by atoms with Crippen molar-refractivity contribution < 1.29 is 4.92 Å². The van der Waals surface area contributed by atoms with Gasteiger partial charge in [0.15, 0.2) is 0 Å². The standard InChI is InChI=1S/C14H23N3O2/c1-5-6-15-12-7-13(16(4)10-11(2)3)9-14(8-12)17(18)19/h7-9,11,15H,5-6,10H2,1-4H3. The molecule has 0 saturated heterocycles. The molecule has 0 aromatic heterocycles. The van der Waals surface area contributed by atoms with Crippen molar-refractivity contribution >= 4 is 17.1 Å². The van der Waals surface area contributed by atoms with Crippen LogP contribution < -0.4 is 10.2 Å². The molecule has 19 heavy (non-hydrogen) atoms. The van der Waals surface area contributed by atoms with E-state index in [9.17, 15) is 10.1 Å². The molecule has 0 bridgehead atoms. The fourth-order valence-corrected chi connectivity index (χ4v) is 1.95. The van der Waals surface area contributed by atoms with Crippen molar-refractivity contribution in [1.82, 2.24) is 0 Å². The van der Waals surface area contributed by atoms with Gasteiger partial charge in [-0.1, -0.05) is 20.8 Å². The lowest BCUT2D eigenvalue weighted by Gasteiger charge is -2.22. The molecule has 1 rings (SSSR count). The Morgan fingerprint density at radius 3 is 2.58 bits per heavy atom. The van der Waals surface area contributed by atoms with Crippen LogP contribution in [0.5, 0.6) is 0 Å². The van der Waals surface area contributed by atoms with Gasteiger partial charge in [0.05, 0.1) is 4.92 Å². The smallest absolute Gasteiger partial charge is 0.273 e. The van der Waals surface area contributed by atoms with Crippen molar-refractivity contribution in [3.05, 3.63) is 28.3 Å². The van der Waals surface area contributed by atoms with Gasteiger partial charge >= 0.3 is 0 Å². The number of hydrogen-bond donors (Lipinski definition) is 1. The number of nitro benzene ring substituents is 1. The summed E-state index contributed by atoms with van der Waals surface area (Å²) in [5, 5.41) is 14.2. The summed E-state index contributed by atoms with van der Waals surface area (Å²) in [6, 6.07) is 5.17. The SMILES string of the molecule is CCCNc1cc(N(C)CC(C)C)cc([N+](=O)[O-])c1. The first-order valence-electron chi connectivity index (χ1n) is 6.68. The van der Waals surface area contributed by atoms with Crippen molar-refractivity contribution in [2.24, 2.45) is 5.92 Å². The average molecular weight is 265 g/mol. The highest BCUT2D eigenvalue weighted by Crippen LogP contribution is 2.26. The molecule has 0 aliphatic rings. The number of nitrogens with one attached hydrogen (secondary N) is 1. The minimum atomic E-state index is -0.343. The summed E-state index contributed by atoms with van der Waals surface area (Å²) in [5.41, 5.74) is 1.81. The molecule has 1 N–H and O–H groups in total. The first kappa shape index (κ1) is 15.3. The molecule has 106 valence electrons. The number of benzene rings is 1. The highest BCUT2D eigenvalue weighted by atomic mass is 16.6. The lowest BCUT2D eigenvalue weighted by Crippen LogP contribution is -2.22. The Labute approximate surface area is 114 Å². The molecule has 1 aromatic rings. The lowest BCUT2D eigenvalue weighted by molar-refractivity contribution is -0.384. The highest BCUT2D eigenvalue weighted by molar-refractivity contribution is 5.64. The van der Waals surface area contributed by atoms with Crippen LogP contribution in [0.2, 0.25) is 0 Å². The largest absolute Gasteiger partial charge is 0.385 e. The number of rotatable bonds is 7. The van der Waals surface area contributed by atoms with Crippen LogP contribution in [0.15, 0.2) is 18.2 Å². The molecule has 0 atom stereocenters. The maximum Gasteiger partial charge on any atom is 0.273 e. The van der Waals surface area contributed by atoms with Gasteiger partial charge in [-0.05, 0) is 18.4 Å². The van der Waals surface area contributed by atoms with Gasteiger partial charge in [-0.3, -0.25) is 10.1 Å². The van der Waals surface area contributed by atoms with E-state index in [0.29, 0.717) is 5.92 Å². The second kappa shape index (κ2) is 6.97. The molecule has 0 saturated carbocycles. The summed E-state index contributed by atoms with van der Waals surface area (Å²) in [7, 11) is 1.96.